The molecule has 0 bridgehead atoms. The molecule has 5 nitrogen and oxygen atoms in total. The second kappa shape index (κ2) is 5.01. The highest BCUT2D eigenvalue weighted by atomic mass is 17.2. The van der Waals surface area contributed by atoms with Gasteiger partial charge in [0.15, 0.2) is 12.2 Å². The number of rotatable bonds is 4. The van der Waals surface area contributed by atoms with Crippen LogP contribution in [0.5, 0.6) is 0 Å². The zero-order valence-corrected chi connectivity index (χ0v) is 9.68. The molecule has 92 valence electrons. The van der Waals surface area contributed by atoms with Crippen LogP contribution in [0.1, 0.15) is 39.5 Å². The molecule has 2 heterocycles. The minimum absolute atomic E-state index is 0.199. The minimum atomic E-state index is -0.605. The summed E-state index contributed by atoms with van der Waals surface area (Å²) in [5, 5.41) is 0. The molecule has 0 aromatic carbocycles. The molecule has 0 spiro atoms. The van der Waals surface area contributed by atoms with E-state index in [9.17, 15) is 4.79 Å². The number of hydrogen-bond acceptors (Lipinski definition) is 5. The highest BCUT2D eigenvalue weighted by Gasteiger charge is 2.51. The Kier molecular flexibility index (Phi) is 3.66. The van der Waals surface area contributed by atoms with Crippen LogP contribution in [-0.2, 0) is 19.2 Å². The van der Waals surface area contributed by atoms with Crippen molar-refractivity contribution in [2.75, 3.05) is 0 Å². The van der Waals surface area contributed by atoms with Crippen molar-refractivity contribution in [3.05, 3.63) is 0 Å². The van der Waals surface area contributed by atoms with Crippen molar-refractivity contribution in [1.29, 1.82) is 0 Å². The standard InChI is InChI=1S/C11H18O5/c1-3-5-7-9-10(14-11(12)13-9)8(6-4-2)16-15-7/h7-10H,3-6H2,1-2H3/t7-,8+,9-,10+. The Hall–Kier alpha value is -0.810. The molecule has 0 amide bonds. The van der Waals surface area contributed by atoms with Gasteiger partial charge in [0, 0.05) is 0 Å². The van der Waals surface area contributed by atoms with Crippen LogP contribution in [-0.4, -0.2) is 30.6 Å². The molecule has 5 heteroatoms. The summed E-state index contributed by atoms with van der Waals surface area (Å²) in [6, 6.07) is 0. The summed E-state index contributed by atoms with van der Waals surface area (Å²) in [4.78, 5) is 21.7. The third-order valence-corrected chi connectivity index (χ3v) is 2.97. The quantitative estimate of drug-likeness (QED) is 0.547. The molecule has 0 aliphatic carbocycles. The fourth-order valence-electron chi connectivity index (χ4n) is 2.21. The summed E-state index contributed by atoms with van der Waals surface area (Å²) in [6.45, 7) is 4.10. The number of fused-ring (bicyclic) bond motifs is 1. The maximum atomic E-state index is 11.2. The number of ether oxygens (including phenoxy) is 2. The summed E-state index contributed by atoms with van der Waals surface area (Å²) in [6.07, 6.45) is 1.89. The second-order valence-electron chi connectivity index (χ2n) is 4.26. The van der Waals surface area contributed by atoms with Gasteiger partial charge in [0.05, 0.1) is 0 Å². The summed E-state index contributed by atoms with van der Waals surface area (Å²) < 4.78 is 10.3. The monoisotopic (exact) mass is 230 g/mol. The molecular weight excluding hydrogens is 212 g/mol. The van der Waals surface area contributed by atoms with Crippen LogP contribution in [0.2, 0.25) is 0 Å². The molecule has 0 aromatic heterocycles. The Morgan fingerprint density at radius 1 is 0.938 bits per heavy atom. The van der Waals surface area contributed by atoms with Gasteiger partial charge in [-0.15, -0.1) is 0 Å². The first-order valence-electron chi connectivity index (χ1n) is 5.95. The van der Waals surface area contributed by atoms with Crippen molar-refractivity contribution in [3.63, 3.8) is 0 Å². The van der Waals surface area contributed by atoms with Crippen LogP contribution >= 0.6 is 0 Å². The molecule has 0 aromatic rings. The number of carbonyl (C=O) groups excluding carboxylic acids is 1. The SMILES string of the molecule is CCC[C@@H]1OO[C@H](CCC)[C@H]2OC(=O)O[C@H]21. The molecule has 0 saturated carbocycles. The van der Waals surface area contributed by atoms with Crippen molar-refractivity contribution < 1.29 is 24.0 Å². The summed E-state index contributed by atoms with van der Waals surface area (Å²) in [5.41, 5.74) is 0. The number of hydrogen-bond donors (Lipinski definition) is 0. The van der Waals surface area contributed by atoms with Crippen LogP contribution in [0.25, 0.3) is 0 Å². The van der Waals surface area contributed by atoms with Crippen molar-refractivity contribution in [2.24, 2.45) is 0 Å². The first kappa shape index (κ1) is 11.7. The van der Waals surface area contributed by atoms with Gasteiger partial charge in [-0.05, 0) is 12.8 Å². The zero-order chi connectivity index (χ0) is 11.5. The lowest BCUT2D eigenvalue weighted by Crippen LogP contribution is -2.50. The van der Waals surface area contributed by atoms with Crippen molar-refractivity contribution in [2.45, 2.75) is 63.9 Å². The van der Waals surface area contributed by atoms with Crippen LogP contribution < -0.4 is 0 Å². The van der Waals surface area contributed by atoms with Crippen molar-refractivity contribution in [3.8, 4) is 0 Å². The van der Waals surface area contributed by atoms with Gasteiger partial charge in [-0.3, -0.25) is 0 Å². The summed E-state index contributed by atoms with van der Waals surface area (Å²) in [7, 11) is 0. The Morgan fingerprint density at radius 3 is 1.75 bits per heavy atom. The van der Waals surface area contributed by atoms with E-state index in [4.69, 9.17) is 19.2 Å². The van der Waals surface area contributed by atoms with E-state index in [2.05, 4.69) is 0 Å². The van der Waals surface area contributed by atoms with Crippen molar-refractivity contribution >= 4 is 6.16 Å². The summed E-state index contributed by atoms with van der Waals surface area (Å²) >= 11 is 0. The van der Waals surface area contributed by atoms with E-state index >= 15 is 0 Å². The van der Waals surface area contributed by atoms with E-state index in [1.807, 2.05) is 13.8 Å². The molecule has 2 saturated heterocycles. The molecule has 0 unspecified atom stereocenters. The average Bonchev–Trinajstić information content (AvgIpc) is 2.64. The van der Waals surface area contributed by atoms with Gasteiger partial charge in [-0.2, -0.15) is 0 Å². The lowest BCUT2D eigenvalue weighted by atomic mass is 9.97. The lowest BCUT2D eigenvalue weighted by molar-refractivity contribution is -0.402. The van der Waals surface area contributed by atoms with Crippen LogP contribution in [0.15, 0.2) is 0 Å². The fraction of sp³-hybridized carbons (Fsp3) is 0.909. The van der Waals surface area contributed by atoms with E-state index in [-0.39, 0.29) is 24.4 Å². The van der Waals surface area contributed by atoms with Gasteiger partial charge >= 0.3 is 6.16 Å². The first-order chi connectivity index (χ1) is 7.76. The van der Waals surface area contributed by atoms with Crippen molar-refractivity contribution in [1.82, 2.24) is 0 Å². The van der Waals surface area contributed by atoms with Crippen LogP contribution in [0, 0.1) is 0 Å². The van der Waals surface area contributed by atoms with Gasteiger partial charge < -0.3 is 9.47 Å². The van der Waals surface area contributed by atoms with E-state index in [1.54, 1.807) is 0 Å². The smallest absolute Gasteiger partial charge is 0.424 e. The first-order valence-corrected chi connectivity index (χ1v) is 5.95. The average molecular weight is 230 g/mol. The predicted octanol–water partition coefficient (Wildman–Crippen LogP) is 2.19. The molecule has 4 atom stereocenters. The van der Waals surface area contributed by atoms with Gasteiger partial charge in [0.1, 0.15) is 12.2 Å². The molecule has 2 rings (SSSR count). The highest BCUT2D eigenvalue weighted by molar-refractivity contribution is 5.62. The highest BCUT2D eigenvalue weighted by Crippen LogP contribution is 2.32. The van der Waals surface area contributed by atoms with E-state index in [1.165, 1.54) is 0 Å². The van der Waals surface area contributed by atoms with Gasteiger partial charge in [0.2, 0.25) is 0 Å². The minimum Gasteiger partial charge on any atom is -0.424 e. The normalized spacial score (nSPS) is 37.8. The second-order valence-corrected chi connectivity index (χ2v) is 4.26. The van der Waals surface area contributed by atoms with E-state index in [0.29, 0.717) is 0 Å². The molecule has 2 aliphatic heterocycles. The van der Waals surface area contributed by atoms with E-state index in [0.717, 1.165) is 25.7 Å². The number of carbonyl (C=O) groups is 1. The molecule has 2 aliphatic rings. The molecule has 0 N–H and O–H groups in total. The largest absolute Gasteiger partial charge is 0.509 e. The predicted molar refractivity (Wildman–Crippen MR) is 54.7 cm³/mol. The van der Waals surface area contributed by atoms with Gasteiger partial charge in [-0.25, -0.2) is 14.6 Å². The van der Waals surface area contributed by atoms with Gasteiger partial charge in [-0.1, -0.05) is 26.7 Å². The fourth-order valence-corrected chi connectivity index (χ4v) is 2.21. The zero-order valence-electron chi connectivity index (χ0n) is 9.68. The van der Waals surface area contributed by atoms with Crippen LogP contribution in [0.3, 0.4) is 0 Å². The molecule has 0 radical (unpaired) electrons. The van der Waals surface area contributed by atoms with Crippen LogP contribution in [0.4, 0.5) is 4.79 Å². The third-order valence-electron chi connectivity index (χ3n) is 2.97. The summed E-state index contributed by atoms with van der Waals surface area (Å²) in [5.74, 6) is 0. The lowest BCUT2D eigenvalue weighted by Gasteiger charge is -2.34. The van der Waals surface area contributed by atoms with Gasteiger partial charge in [0.25, 0.3) is 0 Å². The third kappa shape index (κ3) is 2.15. The molecule has 16 heavy (non-hydrogen) atoms. The Balaban J connectivity index is 2.04. The topological polar surface area (TPSA) is 54.0 Å². The van der Waals surface area contributed by atoms with E-state index < -0.39 is 6.16 Å². The Labute approximate surface area is 94.9 Å². The molecule has 2 fully saturated rings. The maximum absolute atomic E-state index is 11.2. The molecular formula is C11H18O5. The Bertz CT molecular complexity index is 231. The Morgan fingerprint density at radius 2 is 1.38 bits per heavy atom. The maximum Gasteiger partial charge on any atom is 0.509 e.